The molecule has 0 unspecified atom stereocenters. The van der Waals surface area contributed by atoms with Gasteiger partial charge in [-0.3, -0.25) is 0 Å². The molecule has 0 heterocycles. The van der Waals surface area contributed by atoms with Crippen LogP contribution in [0.15, 0.2) is 23.8 Å². The molecule has 0 N–H and O–H groups in total. The van der Waals surface area contributed by atoms with Gasteiger partial charge in [0.05, 0.1) is 0 Å². The minimum absolute atomic E-state index is 0.917. The van der Waals surface area contributed by atoms with E-state index in [2.05, 4.69) is 18.2 Å². The average Bonchev–Trinajstić information content (AvgIpc) is 1.97. The molecule has 0 aromatic heterocycles. The van der Waals surface area contributed by atoms with Crippen molar-refractivity contribution in [1.82, 2.24) is 0 Å². The van der Waals surface area contributed by atoms with E-state index in [-0.39, 0.29) is 0 Å². The fourth-order valence-electron chi connectivity index (χ4n) is 2.54. The number of rotatable bonds is 0. The second-order valence-electron chi connectivity index (χ2n) is 4.37. The van der Waals surface area contributed by atoms with E-state index < -0.39 is 0 Å². The highest BCUT2D eigenvalue weighted by Gasteiger charge is 2.30. The Bertz CT molecular complexity index is 220. The van der Waals surface area contributed by atoms with E-state index in [9.17, 15) is 0 Å². The maximum absolute atomic E-state index is 2.56. The predicted molar refractivity (Wildman–Crippen MR) is 46.2 cm³/mol. The molecule has 58 valence electrons. The maximum Gasteiger partial charge on any atom is -0.0159 e. The zero-order chi connectivity index (χ0) is 7.26. The molecule has 0 heteroatoms. The van der Waals surface area contributed by atoms with E-state index in [1.54, 1.807) is 5.57 Å². The summed E-state index contributed by atoms with van der Waals surface area (Å²) < 4.78 is 0. The minimum Gasteiger partial charge on any atom is -0.0851 e. The van der Waals surface area contributed by atoms with Crippen molar-refractivity contribution in [3.63, 3.8) is 0 Å². The third-order valence-electron chi connectivity index (χ3n) is 3.39. The van der Waals surface area contributed by atoms with Crippen molar-refractivity contribution in [3.05, 3.63) is 23.8 Å². The van der Waals surface area contributed by atoms with Crippen LogP contribution in [0, 0.1) is 17.8 Å². The van der Waals surface area contributed by atoms with Crippen molar-refractivity contribution in [2.75, 3.05) is 0 Å². The van der Waals surface area contributed by atoms with E-state index in [4.69, 9.17) is 0 Å². The Morgan fingerprint density at radius 2 is 1.64 bits per heavy atom. The van der Waals surface area contributed by atoms with Crippen molar-refractivity contribution in [2.45, 2.75) is 25.7 Å². The van der Waals surface area contributed by atoms with Crippen LogP contribution in [0.5, 0.6) is 0 Å². The lowest BCUT2D eigenvalue weighted by Crippen LogP contribution is -2.20. The maximum atomic E-state index is 2.56. The smallest absolute Gasteiger partial charge is 0.0159 e. The fourth-order valence-corrected chi connectivity index (χ4v) is 2.54. The van der Waals surface area contributed by atoms with Gasteiger partial charge in [0.25, 0.3) is 0 Å². The molecule has 2 fully saturated rings. The van der Waals surface area contributed by atoms with Gasteiger partial charge in [0.15, 0.2) is 0 Å². The fraction of sp³-hybridized carbons (Fsp3) is 0.636. The Labute approximate surface area is 68.0 Å². The van der Waals surface area contributed by atoms with Crippen LogP contribution in [-0.2, 0) is 0 Å². The molecule has 6 aliphatic rings. The van der Waals surface area contributed by atoms with Crippen molar-refractivity contribution in [2.24, 2.45) is 17.8 Å². The molecule has 4 bridgehead atoms. The van der Waals surface area contributed by atoms with Crippen LogP contribution in [0.3, 0.4) is 0 Å². The second-order valence-corrected chi connectivity index (χ2v) is 4.37. The van der Waals surface area contributed by atoms with Gasteiger partial charge < -0.3 is 0 Å². The van der Waals surface area contributed by atoms with Crippen LogP contribution >= 0.6 is 0 Å². The minimum atomic E-state index is 0.917. The van der Waals surface area contributed by atoms with Gasteiger partial charge in [-0.2, -0.15) is 0 Å². The highest BCUT2D eigenvalue weighted by molar-refractivity contribution is 5.22. The van der Waals surface area contributed by atoms with E-state index in [0.29, 0.717) is 0 Å². The molecule has 0 aliphatic heterocycles. The summed E-state index contributed by atoms with van der Waals surface area (Å²) in [7, 11) is 0. The van der Waals surface area contributed by atoms with Crippen LogP contribution in [0.1, 0.15) is 25.7 Å². The summed E-state index contributed by atoms with van der Waals surface area (Å²) in [5.41, 5.74) is 1.74. The van der Waals surface area contributed by atoms with Gasteiger partial charge in [-0.25, -0.2) is 0 Å². The normalized spacial score (nSPS) is 45.8. The van der Waals surface area contributed by atoms with Crippen LogP contribution < -0.4 is 0 Å². The van der Waals surface area contributed by atoms with Gasteiger partial charge in [0, 0.05) is 0 Å². The second kappa shape index (κ2) is 2.00. The van der Waals surface area contributed by atoms with Gasteiger partial charge in [-0.15, -0.1) is 0 Å². The third kappa shape index (κ3) is 0.885. The van der Waals surface area contributed by atoms with Gasteiger partial charge >= 0.3 is 0 Å². The highest BCUT2D eigenvalue weighted by atomic mass is 14.4. The largest absolute Gasteiger partial charge is 0.0851 e. The summed E-state index contributed by atoms with van der Waals surface area (Å²) in [6, 6.07) is 0. The summed E-state index contributed by atoms with van der Waals surface area (Å²) in [6.07, 6.45) is 13.1. The molecule has 0 amide bonds. The summed E-state index contributed by atoms with van der Waals surface area (Å²) in [6.45, 7) is 0. The molecule has 0 saturated heterocycles. The molecule has 6 aliphatic carbocycles. The molecule has 0 atom stereocenters. The van der Waals surface area contributed by atoms with Crippen molar-refractivity contribution in [1.29, 1.82) is 0 Å². The molecular weight excluding hydrogens is 132 g/mol. The first kappa shape index (κ1) is 6.05. The highest BCUT2D eigenvalue weighted by Crippen LogP contribution is 2.44. The van der Waals surface area contributed by atoms with Crippen LogP contribution in [0.25, 0.3) is 0 Å². The summed E-state index contributed by atoms with van der Waals surface area (Å²) in [5, 5.41) is 0. The quantitative estimate of drug-likeness (QED) is 0.461. The molecular formula is C11H14. The Balaban J connectivity index is 1.90. The number of hydrogen-bond donors (Lipinski definition) is 0. The first-order chi connectivity index (χ1) is 5.40. The lowest BCUT2D eigenvalue weighted by Gasteiger charge is -2.31. The van der Waals surface area contributed by atoms with Crippen molar-refractivity contribution < 1.29 is 0 Å². The van der Waals surface area contributed by atoms with Crippen LogP contribution in [0.4, 0.5) is 0 Å². The molecule has 0 spiro atoms. The lowest BCUT2D eigenvalue weighted by molar-refractivity contribution is 0.294. The summed E-state index contributed by atoms with van der Waals surface area (Å²) in [5.74, 6) is 2.82. The molecule has 0 nitrogen and oxygen atoms in total. The van der Waals surface area contributed by atoms with Gasteiger partial charge in [-0.05, 0) is 43.4 Å². The average molecular weight is 146 g/mol. The van der Waals surface area contributed by atoms with Crippen LogP contribution in [0.2, 0.25) is 0 Å². The Hall–Kier alpha value is -0.520. The molecule has 2 saturated carbocycles. The molecule has 0 aromatic carbocycles. The van der Waals surface area contributed by atoms with Crippen molar-refractivity contribution in [3.8, 4) is 0 Å². The Kier molecular flexibility index (Phi) is 1.10. The van der Waals surface area contributed by atoms with E-state index in [1.807, 2.05) is 0 Å². The SMILES string of the molecule is C1=CC2CC(C=C3CC1C3)C2. The van der Waals surface area contributed by atoms with E-state index in [1.165, 1.54) is 25.7 Å². The first-order valence-electron chi connectivity index (χ1n) is 4.78. The molecule has 6 rings (SSSR count). The number of hydrogen-bond acceptors (Lipinski definition) is 0. The number of allylic oxidation sites excluding steroid dienone is 4. The van der Waals surface area contributed by atoms with E-state index in [0.717, 1.165) is 17.8 Å². The van der Waals surface area contributed by atoms with E-state index >= 15 is 0 Å². The van der Waals surface area contributed by atoms with Crippen LogP contribution in [-0.4, -0.2) is 0 Å². The van der Waals surface area contributed by atoms with Gasteiger partial charge in [0.2, 0.25) is 0 Å². The lowest BCUT2D eigenvalue weighted by atomic mass is 9.74. The topological polar surface area (TPSA) is 0 Å². The van der Waals surface area contributed by atoms with Gasteiger partial charge in [0.1, 0.15) is 0 Å². The monoisotopic (exact) mass is 146 g/mol. The Morgan fingerprint density at radius 3 is 2.45 bits per heavy atom. The van der Waals surface area contributed by atoms with Crippen molar-refractivity contribution >= 4 is 0 Å². The zero-order valence-corrected chi connectivity index (χ0v) is 6.79. The Morgan fingerprint density at radius 1 is 0.909 bits per heavy atom. The standard InChI is InChI=1S/C11H14/c1-2-9-5-11(6-9)7-10-3-8(1)4-10/h1-2,7-10H,3-6H2. The predicted octanol–water partition coefficient (Wildman–Crippen LogP) is 2.92. The van der Waals surface area contributed by atoms with Gasteiger partial charge in [-0.1, -0.05) is 23.8 Å². The molecule has 11 heavy (non-hydrogen) atoms. The summed E-state index contributed by atoms with van der Waals surface area (Å²) in [4.78, 5) is 0. The molecule has 0 aromatic rings. The first-order valence-corrected chi connectivity index (χ1v) is 4.78. The molecule has 0 radical (unpaired) electrons. The third-order valence-corrected chi connectivity index (χ3v) is 3.39. The summed E-state index contributed by atoms with van der Waals surface area (Å²) >= 11 is 0. The zero-order valence-electron chi connectivity index (χ0n) is 6.79.